The zero-order valence-corrected chi connectivity index (χ0v) is 6.28. The maximum Gasteiger partial charge on any atom is 0.402 e. The van der Waals surface area contributed by atoms with Crippen molar-refractivity contribution in [3.8, 4) is 0 Å². The minimum absolute atomic E-state index is 0.178. The SMILES string of the molecule is CC1CCN(CC(F)(F)F)N1. The average molecular weight is 168 g/mol. The summed E-state index contributed by atoms with van der Waals surface area (Å²) in [7, 11) is 0. The molecule has 0 bridgehead atoms. The predicted octanol–water partition coefficient (Wildman–Crippen LogP) is 1.15. The molecule has 1 atom stereocenters. The predicted molar refractivity (Wildman–Crippen MR) is 34.8 cm³/mol. The fourth-order valence-electron chi connectivity index (χ4n) is 1.13. The molecule has 0 aliphatic carbocycles. The van der Waals surface area contributed by atoms with Crippen LogP contribution in [0.3, 0.4) is 0 Å². The maximum atomic E-state index is 11.8. The Hall–Kier alpha value is -0.290. The molecule has 1 unspecified atom stereocenters. The van der Waals surface area contributed by atoms with Crippen molar-refractivity contribution in [2.24, 2.45) is 0 Å². The van der Waals surface area contributed by atoms with E-state index in [1.165, 1.54) is 5.01 Å². The number of hydrogen-bond donors (Lipinski definition) is 1. The third kappa shape index (κ3) is 3.07. The first kappa shape index (κ1) is 8.80. The zero-order valence-electron chi connectivity index (χ0n) is 6.28. The van der Waals surface area contributed by atoms with Crippen LogP contribution in [0.4, 0.5) is 13.2 Å². The molecule has 0 aromatic rings. The number of nitrogens with one attached hydrogen (secondary N) is 1. The first-order valence-electron chi connectivity index (χ1n) is 3.55. The Kier molecular flexibility index (Phi) is 2.39. The normalized spacial score (nSPS) is 27.8. The van der Waals surface area contributed by atoms with E-state index in [-0.39, 0.29) is 6.04 Å². The summed E-state index contributed by atoms with van der Waals surface area (Å²) >= 11 is 0. The molecule has 1 N–H and O–H groups in total. The Balaban J connectivity index is 2.29. The lowest BCUT2D eigenvalue weighted by atomic mass is 10.3. The standard InChI is InChI=1S/C6H11F3N2/c1-5-2-3-11(10-5)4-6(7,8)9/h5,10H,2-4H2,1H3. The van der Waals surface area contributed by atoms with Gasteiger partial charge in [0, 0.05) is 12.6 Å². The van der Waals surface area contributed by atoms with Crippen molar-refractivity contribution >= 4 is 0 Å². The summed E-state index contributed by atoms with van der Waals surface area (Å²) in [5.41, 5.74) is 2.72. The topological polar surface area (TPSA) is 15.3 Å². The van der Waals surface area contributed by atoms with Crippen LogP contribution in [0.2, 0.25) is 0 Å². The van der Waals surface area contributed by atoms with Gasteiger partial charge in [-0.25, -0.2) is 5.01 Å². The number of rotatable bonds is 1. The maximum absolute atomic E-state index is 11.8. The molecular weight excluding hydrogens is 157 g/mol. The highest BCUT2D eigenvalue weighted by Crippen LogP contribution is 2.17. The fraction of sp³-hybridized carbons (Fsp3) is 1.00. The molecule has 0 saturated carbocycles. The largest absolute Gasteiger partial charge is 0.402 e. The monoisotopic (exact) mass is 168 g/mol. The Morgan fingerprint density at radius 3 is 2.55 bits per heavy atom. The van der Waals surface area contributed by atoms with E-state index in [1.807, 2.05) is 6.92 Å². The highest BCUT2D eigenvalue weighted by Gasteiger charge is 2.33. The molecule has 0 aromatic heterocycles. The van der Waals surface area contributed by atoms with Crippen molar-refractivity contribution in [2.45, 2.75) is 25.6 Å². The van der Waals surface area contributed by atoms with E-state index in [2.05, 4.69) is 5.43 Å². The van der Waals surface area contributed by atoms with Crippen LogP contribution in [0, 0.1) is 0 Å². The smallest absolute Gasteiger partial charge is 0.252 e. The summed E-state index contributed by atoms with van der Waals surface area (Å²) in [6.45, 7) is 1.51. The first-order valence-corrected chi connectivity index (χ1v) is 3.55. The summed E-state index contributed by atoms with van der Waals surface area (Å²) in [5, 5.41) is 1.21. The number of halogens is 3. The molecule has 1 aliphatic rings. The van der Waals surface area contributed by atoms with Crippen LogP contribution in [0.5, 0.6) is 0 Å². The summed E-state index contributed by atoms with van der Waals surface area (Å²) in [6.07, 6.45) is -3.30. The van der Waals surface area contributed by atoms with Gasteiger partial charge < -0.3 is 0 Å². The lowest BCUT2D eigenvalue weighted by molar-refractivity contribution is -0.149. The number of hydrogen-bond acceptors (Lipinski definition) is 2. The molecule has 0 spiro atoms. The van der Waals surface area contributed by atoms with E-state index in [0.717, 1.165) is 6.42 Å². The van der Waals surface area contributed by atoms with Gasteiger partial charge in [-0.15, -0.1) is 0 Å². The molecule has 1 rings (SSSR count). The lowest BCUT2D eigenvalue weighted by Gasteiger charge is -2.17. The Bertz CT molecular complexity index is 134. The molecule has 0 radical (unpaired) electrons. The molecule has 11 heavy (non-hydrogen) atoms. The molecule has 66 valence electrons. The second-order valence-corrected chi connectivity index (χ2v) is 2.86. The summed E-state index contributed by atoms with van der Waals surface area (Å²) in [6, 6.07) is 0.178. The van der Waals surface area contributed by atoms with Crippen molar-refractivity contribution in [1.82, 2.24) is 10.4 Å². The molecule has 0 aromatic carbocycles. The first-order chi connectivity index (χ1) is 4.97. The van der Waals surface area contributed by atoms with Gasteiger partial charge >= 0.3 is 6.18 Å². The molecule has 1 aliphatic heterocycles. The van der Waals surface area contributed by atoms with Gasteiger partial charge in [0.15, 0.2) is 0 Å². The number of hydrazine groups is 1. The van der Waals surface area contributed by atoms with Gasteiger partial charge in [0.1, 0.15) is 6.54 Å². The van der Waals surface area contributed by atoms with E-state index in [9.17, 15) is 13.2 Å². The average Bonchev–Trinajstić information content (AvgIpc) is 2.10. The molecule has 0 amide bonds. The highest BCUT2D eigenvalue weighted by molar-refractivity contribution is 4.72. The van der Waals surface area contributed by atoms with Gasteiger partial charge in [-0.2, -0.15) is 13.2 Å². The van der Waals surface area contributed by atoms with Gasteiger partial charge in [0.25, 0.3) is 0 Å². The minimum atomic E-state index is -4.09. The van der Waals surface area contributed by atoms with Crippen LogP contribution >= 0.6 is 0 Å². The van der Waals surface area contributed by atoms with E-state index in [4.69, 9.17) is 0 Å². The summed E-state index contributed by atoms with van der Waals surface area (Å²) in [5.74, 6) is 0. The number of alkyl halides is 3. The molecule has 2 nitrogen and oxygen atoms in total. The fourth-order valence-corrected chi connectivity index (χ4v) is 1.13. The Morgan fingerprint density at radius 1 is 1.55 bits per heavy atom. The Labute approximate surface area is 63.3 Å². The van der Waals surface area contributed by atoms with Crippen molar-refractivity contribution in [1.29, 1.82) is 0 Å². The van der Waals surface area contributed by atoms with E-state index in [0.29, 0.717) is 6.54 Å². The quantitative estimate of drug-likeness (QED) is 0.631. The summed E-state index contributed by atoms with van der Waals surface area (Å²) in [4.78, 5) is 0. The molecular formula is C6H11F3N2. The summed E-state index contributed by atoms with van der Waals surface area (Å²) < 4.78 is 35.3. The molecule has 5 heteroatoms. The van der Waals surface area contributed by atoms with Crippen LogP contribution in [-0.4, -0.2) is 30.3 Å². The number of nitrogens with zero attached hydrogens (tertiary/aromatic N) is 1. The van der Waals surface area contributed by atoms with Crippen molar-refractivity contribution in [2.75, 3.05) is 13.1 Å². The zero-order chi connectivity index (χ0) is 8.48. The van der Waals surface area contributed by atoms with Crippen molar-refractivity contribution in [3.05, 3.63) is 0 Å². The van der Waals surface area contributed by atoms with E-state index >= 15 is 0 Å². The van der Waals surface area contributed by atoms with Crippen molar-refractivity contribution in [3.63, 3.8) is 0 Å². The van der Waals surface area contributed by atoms with Crippen LogP contribution in [-0.2, 0) is 0 Å². The van der Waals surface area contributed by atoms with Crippen LogP contribution in [0.15, 0.2) is 0 Å². The van der Waals surface area contributed by atoms with Crippen LogP contribution < -0.4 is 5.43 Å². The lowest BCUT2D eigenvalue weighted by Crippen LogP contribution is -2.40. The van der Waals surface area contributed by atoms with E-state index < -0.39 is 12.7 Å². The third-order valence-corrected chi connectivity index (χ3v) is 1.61. The molecule has 1 saturated heterocycles. The van der Waals surface area contributed by atoms with Gasteiger partial charge in [-0.1, -0.05) is 0 Å². The third-order valence-electron chi connectivity index (χ3n) is 1.61. The minimum Gasteiger partial charge on any atom is -0.252 e. The van der Waals surface area contributed by atoms with Gasteiger partial charge in [0.05, 0.1) is 0 Å². The Morgan fingerprint density at radius 2 is 2.18 bits per heavy atom. The highest BCUT2D eigenvalue weighted by atomic mass is 19.4. The second kappa shape index (κ2) is 2.98. The van der Waals surface area contributed by atoms with Crippen LogP contribution in [0.25, 0.3) is 0 Å². The van der Waals surface area contributed by atoms with Crippen LogP contribution in [0.1, 0.15) is 13.3 Å². The molecule has 1 fully saturated rings. The van der Waals surface area contributed by atoms with Gasteiger partial charge in [-0.05, 0) is 13.3 Å². The van der Waals surface area contributed by atoms with Gasteiger partial charge in [0.2, 0.25) is 0 Å². The van der Waals surface area contributed by atoms with Gasteiger partial charge in [-0.3, -0.25) is 5.43 Å². The molecule has 1 heterocycles. The van der Waals surface area contributed by atoms with Crippen molar-refractivity contribution < 1.29 is 13.2 Å². The van der Waals surface area contributed by atoms with E-state index in [1.54, 1.807) is 0 Å². The second-order valence-electron chi connectivity index (χ2n) is 2.86.